The molecule has 0 amide bonds. The van der Waals surface area contributed by atoms with Gasteiger partial charge in [-0.05, 0) is 13.0 Å². The predicted molar refractivity (Wildman–Crippen MR) is 71.2 cm³/mol. The van der Waals surface area contributed by atoms with Crippen LogP contribution in [0.5, 0.6) is 11.5 Å². The number of nitrogens with zero attached hydrogens (tertiary/aromatic N) is 2. The van der Waals surface area contributed by atoms with Gasteiger partial charge < -0.3 is 20.1 Å². The molecule has 2 rings (SSSR count). The first-order valence-electron chi connectivity index (χ1n) is 6.00. The maximum absolute atomic E-state index is 5.88. The van der Waals surface area contributed by atoms with E-state index in [4.69, 9.17) is 15.2 Å². The second-order valence-electron chi connectivity index (χ2n) is 4.08. The van der Waals surface area contributed by atoms with Crippen LogP contribution in [0.25, 0.3) is 0 Å². The zero-order valence-corrected chi connectivity index (χ0v) is 11.0. The molecule has 0 fully saturated rings. The Kier molecular flexibility index (Phi) is 3.60. The number of benzene rings is 1. The number of hydrogen-bond donors (Lipinski definition) is 1. The fourth-order valence-corrected chi connectivity index (χ4v) is 2.35. The molecule has 0 bridgehead atoms. The van der Waals surface area contributed by atoms with Crippen molar-refractivity contribution in [3.8, 4) is 11.5 Å². The molecule has 5 heteroatoms. The minimum absolute atomic E-state index is 0.125. The van der Waals surface area contributed by atoms with E-state index in [0.29, 0.717) is 12.5 Å². The lowest BCUT2D eigenvalue weighted by Crippen LogP contribution is -2.35. The minimum Gasteiger partial charge on any atom is -0.493 e. The Hall–Kier alpha value is -1.91. The summed E-state index contributed by atoms with van der Waals surface area (Å²) in [6.07, 6.45) is 0. The van der Waals surface area contributed by atoms with Gasteiger partial charge in [0.1, 0.15) is 0 Å². The average molecular weight is 249 g/mol. The van der Waals surface area contributed by atoms with Gasteiger partial charge >= 0.3 is 0 Å². The van der Waals surface area contributed by atoms with Gasteiger partial charge in [-0.25, -0.2) is 0 Å². The Bertz CT molecular complexity index is 460. The summed E-state index contributed by atoms with van der Waals surface area (Å²) in [5.41, 5.74) is 6.94. The maximum Gasteiger partial charge on any atom is 0.191 e. The van der Waals surface area contributed by atoms with Crippen LogP contribution in [0.1, 0.15) is 18.5 Å². The van der Waals surface area contributed by atoms with Gasteiger partial charge in [-0.1, -0.05) is 12.1 Å². The molecule has 0 saturated carbocycles. The van der Waals surface area contributed by atoms with Crippen LogP contribution >= 0.6 is 0 Å². The molecular formula is C13H19N3O2. The van der Waals surface area contributed by atoms with Crippen LogP contribution in [0, 0.1) is 0 Å². The molecule has 0 aromatic heterocycles. The molecule has 1 aliphatic rings. The van der Waals surface area contributed by atoms with E-state index in [2.05, 4.69) is 16.8 Å². The monoisotopic (exact) mass is 249 g/mol. The summed E-state index contributed by atoms with van der Waals surface area (Å²) < 4.78 is 10.8. The van der Waals surface area contributed by atoms with Crippen LogP contribution in [0.15, 0.2) is 23.2 Å². The Morgan fingerprint density at radius 2 is 2.17 bits per heavy atom. The van der Waals surface area contributed by atoms with Crippen LogP contribution in [-0.2, 0) is 0 Å². The van der Waals surface area contributed by atoms with Crippen molar-refractivity contribution in [2.75, 3.05) is 27.3 Å². The van der Waals surface area contributed by atoms with Crippen LogP contribution in [0.3, 0.4) is 0 Å². The minimum atomic E-state index is 0.125. The number of hydrogen-bond acceptors (Lipinski definition) is 5. The second kappa shape index (κ2) is 5.16. The smallest absolute Gasteiger partial charge is 0.191 e. The van der Waals surface area contributed by atoms with E-state index < -0.39 is 0 Å². The van der Waals surface area contributed by atoms with Crippen LogP contribution < -0.4 is 15.2 Å². The Balaban J connectivity index is 2.40. The molecule has 1 aliphatic heterocycles. The van der Waals surface area contributed by atoms with Crippen molar-refractivity contribution in [2.24, 2.45) is 10.7 Å². The number of likely N-dealkylation sites (N-methyl/N-ethyl adjacent to an activating group) is 1. The summed E-state index contributed by atoms with van der Waals surface area (Å²) in [7, 11) is 3.29. The van der Waals surface area contributed by atoms with Gasteiger partial charge in [-0.2, -0.15) is 0 Å². The van der Waals surface area contributed by atoms with Crippen molar-refractivity contribution < 1.29 is 9.47 Å². The van der Waals surface area contributed by atoms with Crippen molar-refractivity contribution in [3.05, 3.63) is 23.8 Å². The van der Waals surface area contributed by atoms with Crippen molar-refractivity contribution in [1.82, 2.24) is 4.90 Å². The van der Waals surface area contributed by atoms with E-state index in [0.717, 1.165) is 23.6 Å². The van der Waals surface area contributed by atoms with Gasteiger partial charge in [0.05, 0.1) is 26.8 Å². The van der Waals surface area contributed by atoms with Gasteiger partial charge in [0.25, 0.3) is 0 Å². The topological polar surface area (TPSA) is 60.1 Å². The van der Waals surface area contributed by atoms with Gasteiger partial charge in [-0.3, -0.25) is 4.99 Å². The number of ether oxygens (including phenoxy) is 2. The normalized spacial score (nSPS) is 18.7. The number of methoxy groups -OCH3 is 2. The van der Waals surface area contributed by atoms with Crippen LogP contribution in [0.4, 0.5) is 0 Å². The summed E-state index contributed by atoms with van der Waals surface area (Å²) in [5, 5.41) is 0. The molecule has 1 aromatic carbocycles. The Morgan fingerprint density at radius 3 is 2.78 bits per heavy atom. The Morgan fingerprint density at radius 1 is 1.39 bits per heavy atom. The Labute approximate surface area is 107 Å². The van der Waals surface area contributed by atoms with Gasteiger partial charge in [0.15, 0.2) is 17.5 Å². The van der Waals surface area contributed by atoms with E-state index >= 15 is 0 Å². The fourth-order valence-electron chi connectivity index (χ4n) is 2.35. The lowest BCUT2D eigenvalue weighted by atomic mass is 10.0. The second-order valence-corrected chi connectivity index (χ2v) is 4.08. The van der Waals surface area contributed by atoms with Crippen molar-refractivity contribution in [1.29, 1.82) is 0 Å². The van der Waals surface area contributed by atoms with Gasteiger partial charge in [0.2, 0.25) is 0 Å². The zero-order chi connectivity index (χ0) is 13.1. The van der Waals surface area contributed by atoms with Crippen molar-refractivity contribution in [2.45, 2.75) is 13.0 Å². The number of aliphatic imine (C=N–C) groups is 1. The average Bonchev–Trinajstić information content (AvgIpc) is 2.78. The summed E-state index contributed by atoms with van der Waals surface area (Å²) in [6, 6.07) is 6.00. The molecular weight excluding hydrogens is 230 g/mol. The highest BCUT2D eigenvalue weighted by Gasteiger charge is 2.29. The third kappa shape index (κ3) is 1.96. The molecule has 18 heavy (non-hydrogen) atoms. The molecule has 1 unspecified atom stereocenters. The lowest BCUT2D eigenvalue weighted by molar-refractivity contribution is 0.324. The number of guanidine groups is 1. The number of nitrogens with two attached hydrogens (primary N) is 1. The molecule has 1 heterocycles. The van der Waals surface area contributed by atoms with E-state index in [9.17, 15) is 0 Å². The van der Waals surface area contributed by atoms with Crippen LogP contribution in [-0.4, -0.2) is 38.2 Å². The van der Waals surface area contributed by atoms with Gasteiger partial charge in [-0.15, -0.1) is 0 Å². The summed E-state index contributed by atoms with van der Waals surface area (Å²) in [5.74, 6) is 2.08. The molecule has 0 spiro atoms. The highest BCUT2D eigenvalue weighted by Crippen LogP contribution is 2.38. The van der Waals surface area contributed by atoms with Crippen LogP contribution in [0.2, 0.25) is 0 Å². The van der Waals surface area contributed by atoms with E-state index in [-0.39, 0.29) is 6.04 Å². The summed E-state index contributed by atoms with van der Waals surface area (Å²) in [4.78, 5) is 6.37. The first-order valence-corrected chi connectivity index (χ1v) is 6.00. The molecule has 0 radical (unpaired) electrons. The molecule has 98 valence electrons. The quantitative estimate of drug-likeness (QED) is 0.876. The SMILES string of the molecule is CCN1C(N)=NCC1c1cccc(OC)c1OC. The molecule has 0 saturated heterocycles. The van der Waals surface area contributed by atoms with Crippen molar-refractivity contribution in [3.63, 3.8) is 0 Å². The third-order valence-corrected chi connectivity index (χ3v) is 3.23. The molecule has 1 atom stereocenters. The highest BCUT2D eigenvalue weighted by molar-refractivity contribution is 5.80. The fraction of sp³-hybridized carbons (Fsp3) is 0.462. The first-order chi connectivity index (χ1) is 8.72. The molecule has 2 N–H and O–H groups in total. The van der Waals surface area contributed by atoms with Crippen molar-refractivity contribution >= 4 is 5.96 Å². The first kappa shape index (κ1) is 12.5. The summed E-state index contributed by atoms with van der Waals surface area (Å²) >= 11 is 0. The largest absolute Gasteiger partial charge is 0.493 e. The standard InChI is InChI=1S/C13H19N3O2/c1-4-16-10(8-15-13(16)14)9-6-5-7-11(17-2)12(9)18-3/h5-7,10H,4,8H2,1-3H3,(H2,14,15). The molecule has 0 aliphatic carbocycles. The number of para-hydroxylation sites is 1. The highest BCUT2D eigenvalue weighted by atomic mass is 16.5. The van der Waals surface area contributed by atoms with E-state index in [1.807, 2.05) is 18.2 Å². The zero-order valence-electron chi connectivity index (χ0n) is 11.0. The van der Waals surface area contributed by atoms with E-state index in [1.54, 1.807) is 14.2 Å². The van der Waals surface area contributed by atoms with Gasteiger partial charge in [0, 0.05) is 12.1 Å². The summed E-state index contributed by atoms with van der Waals surface area (Å²) in [6.45, 7) is 3.54. The maximum atomic E-state index is 5.88. The number of rotatable bonds is 4. The van der Waals surface area contributed by atoms with E-state index in [1.165, 1.54) is 0 Å². The molecule has 1 aromatic rings. The lowest BCUT2D eigenvalue weighted by Gasteiger charge is -2.26. The molecule has 5 nitrogen and oxygen atoms in total. The predicted octanol–water partition coefficient (Wildman–Crippen LogP) is 1.40. The third-order valence-electron chi connectivity index (χ3n) is 3.23.